The van der Waals surface area contributed by atoms with Gasteiger partial charge in [0.2, 0.25) is 0 Å². The Hall–Kier alpha value is -1.54. The second-order valence-corrected chi connectivity index (χ2v) is 4.22. The van der Waals surface area contributed by atoms with Crippen molar-refractivity contribution >= 4 is 0 Å². The summed E-state index contributed by atoms with van der Waals surface area (Å²) in [5.41, 5.74) is 3.48. The van der Waals surface area contributed by atoms with Gasteiger partial charge in [0.05, 0.1) is 6.10 Å². The Kier molecular flexibility index (Phi) is 3.11. The third-order valence-corrected chi connectivity index (χ3v) is 2.77. The standard InChI is InChI=1S/C14H17NO/c1-11-5-7-13(8-6-11)10-15-9-3-4-14(15)12(2)16/h3-9,12,16H,10H2,1-2H3. The van der Waals surface area contributed by atoms with E-state index in [4.69, 9.17) is 0 Å². The van der Waals surface area contributed by atoms with Crippen LogP contribution in [0.25, 0.3) is 0 Å². The zero-order chi connectivity index (χ0) is 11.5. The van der Waals surface area contributed by atoms with Gasteiger partial charge in [-0.05, 0) is 31.5 Å². The van der Waals surface area contributed by atoms with Gasteiger partial charge < -0.3 is 9.67 Å². The Bertz CT molecular complexity index is 454. The molecule has 1 heterocycles. The molecule has 0 bridgehead atoms. The predicted octanol–water partition coefficient (Wildman–Crippen LogP) is 2.90. The van der Waals surface area contributed by atoms with Crippen molar-refractivity contribution in [2.75, 3.05) is 0 Å². The zero-order valence-corrected chi connectivity index (χ0v) is 9.72. The van der Waals surface area contributed by atoms with E-state index in [0.29, 0.717) is 0 Å². The van der Waals surface area contributed by atoms with Crippen LogP contribution in [0.2, 0.25) is 0 Å². The van der Waals surface area contributed by atoms with Gasteiger partial charge in [-0.25, -0.2) is 0 Å². The van der Waals surface area contributed by atoms with E-state index in [-0.39, 0.29) is 0 Å². The topological polar surface area (TPSA) is 25.2 Å². The maximum absolute atomic E-state index is 9.59. The Morgan fingerprint density at radius 2 is 1.88 bits per heavy atom. The normalized spacial score (nSPS) is 12.7. The van der Waals surface area contributed by atoms with Crippen LogP contribution in [0.3, 0.4) is 0 Å². The van der Waals surface area contributed by atoms with Crippen LogP contribution in [0.1, 0.15) is 29.8 Å². The van der Waals surface area contributed by atoms with Crippen LogP contribution < -0.4 is 0 Å². The van der Waals surface area contributed by atoms with E-state index >= 15 is 0 Å². The Morgan fingerprint density at radius 1 is 1.19 bits per heavy atom. The molecule has 0 saturated heterocycles. The molecule has 1 atom stereocenters. The number of aryl methyl sites for hydroxylation is 1. The van der Waals surface area contributed by atoms with Gasteiger partial charge >= 0.3 is 0 Å². The molecule has 84 valence electrons. The molecule has 2 heteroatoms. The summed E-state index contributed by atoms with van der Waals surface area (Å²) in [6.07, 6.45) is 1.59. The summed E-state index contributed by atoms with van der Waals surface area (Å²) in [6.45, 7) is 4.69. The van der Waals surface area contributed by atoms with Crippen molar-refractivity contribution < 1.29 is 5.11 Å². The molecule has 2 rings (SSSR count). The molecule has 1 aromatic carbocycles. The second-order valence-electron chi connectivity index (χ2n) is 4.22. The molecule has 1 N–H and O–H groups in total. The number of aliphatic hydroxyl groups is 1. The lowest BCUT2D eigenvalue weighted by molar-refractivity contribution is 0.190. The van der Waals surface area contributed by atoms with Crippen molar-refractivity contribution in [3.05, 3.63) is 59.4 Å². The summed E-state index contributed by atoms with van der Waals surface area (Å²) in [5.74, 6) is 0. The highest BCUT2D eigenvalue weighted by Gasteiger charge is 2.06. The first kappa shape index (κ1) is 11.0. The van der Waals surface area contributed by atoms with Crippen molar-refractivity contribution in [1.29, 1.82) is 0 Å². The van der Waals surface area contributed by atoms with Crippen LogP contribution in [-0.4, -0.2) is 9.67 Å². The third kappa shape index (κ3) is 2.34. The van der Waals surface area contributed by atoms with Crippen LogP contribution in [0, 0.1) is 6.92 Å². The van der Waals surface area contributed by atoms with E-state index in [0.717, 1.165) is 12.2 Å². The average molecular weight is 215 g/mol. The number of aromatic nitrogens is 1. The Balaban J connectivity index is 2.20. The molecule has 1 unspecified atom stereocenters. The molecule has 0 spiro atoms. The molecule has 0 aliphatic heterocycles. The molecular formula is C14H17NO. The van der Waals surface area contributed by atoms with Crippen LogP contribution >= 0.6 is 0 Å². The van der Waals surface area contributed by atoms with Gasteiger partial charge in [0.25, 0.3) is 0 Å². The van der Waals surface area contributed by atoms with E-state index in [1.165, 1.54) is 11.1 Å². The largest absolute Gasteiger partial charge is 0.387 e. The number of hydrogen-bond donors (Lipinski definition) is 1. The highest BCUT2D eigenvalue weighted by Crippen LogP contribution is 2.15. The molecule has 0 amide bonds. The van der Waals surface area contributed by atoms with Gasteiger partial charge in [0.15, 0.2) is 0 Å². The quantitative estimate of drug-likeness (QED) is 0.836. The molecule has 0 radical (unpaired) electrons. The fourth-order valence-corrected chi connectivity index (χ4v) is 1.84. The number of hydrogen-bond acceptors (Lipinski definition) is 1. The minimum atomic E-state index is -0.416. The number of aliphatic hydroxyl groups excluding tert-OH is 1. The first-order chi connectivity index (χ1) is 7.66. The van der Waals surface area contributed by atoms with Gasteiger partial charge in [-0.3, -0.25) is 0 Å². The first-order valence-electron chi connectivity index (χ1n) is 5.55. The van der Waals surface area contributed by atoms with Crippen LogP contribution in [0.15, 0.2) is 42.6 Å². The summed E-state index contributed by atoms with van der Waals surface area (Å²) in [4.78, 5) is 0. The van der Waals surface area contributed by atoms with Gasteiger partial charge in [0.1, 0.15) is 0 Å². The Labute approximate surface area is 96.2 Å². The van der Waals surface area contributed by atoms with Crippen LogP contribution in [-0.2, 0) is 6.54 Å². The molecule has 0 saturated carbocycles. The summed E-state index contributed by atoms with van der Waals surface area (Å²) < 4.78 is 2.08. The van der Waals surface area contributed by atoms with Gasteiger partial charge in [0, 0.05) is 18.4 Å². The first-order valence-corrected chi connectivity index (χ1v) is 5.55. The smallest absolute Gasteiger partial charge is 0.0911 e. The van der Waals surface area contributed by atoms with Crippen LogP contribution in [0.5, 0.6) is 0 Å². The van der Waals surface area contributed by atoms with Crippen LogP contribution in [0.4, 0.5) is 0 Å². The van der Waals surface area contributed by atoms with Gasteiger partial charge in [-0.1, -0.05) is 29.8 Å². The molecule has 2 aromatic rings. The van der Waals surface area contributed by atoms with Crippen molar-refractivity contribution in [1.82, 2.24) is 4.57 Å². The van der Waals surface area contributed by atoms with E-state index in [1.807, 2.05) is 18.3 Å². The molecule has 0 aliphatic carbocycles. The number of benzene rings is 1. The Morgan fingerprint density at radius 3 is 2.50 bits per heavy atom. The van der Waals surface area contributed by atoms with E-state index in [9.17, 15) is 5.11 Å². The lowest BCUT2D eigenvalue weighted by atomic mass is 10.1. The monoisotopic (exact) mass is 215 g/mol. The number of rotatable bonds is 3. The highest BCUT2D eigenvalue weighted by atomic mass is 16.3. The fraction of sp³-hybridized carbons (Fsp3) is 0.286. The molecule has 2 nitrogen and oxygen atoms in total. The highest BCUT2D eigenvalue weighted by molar-refractivity contribution is 5.22. The van der Waals surface area contributed by atoms with Gasteiger partial charge in [-0.15, -0.1) is 0 Å². The second kappa shape index (κ2) is 4.54. The molecule has 0 aliphatic rings. The van der Waals surface area contributed by atoms with Gasteiger partial charge in [-0.2, -0.15) is 0 Å². The third-order valence-electron chi connectivity index (χ3n) is 2.77. The number of nitrogens with zero attached hydrogens (tertiary/aromatic N) is 1. The predicted molar refractivity (Wildman–Crippen MR) is 65.3 cm³/mol. The summed E-state index contributed by atoms with van der Waals surface area (Å²) in [5, 5.41) is 9.59. The van der Waals surface area contributed by atoms with Crippen molar-refractivity contribution in [2.45, 2.75) is 26.5 Å². The molecule has 16 heavy (non-hydrogen) atoms. The summed E-state index contributed by atoms with van der Waals surface area (Å²) in [7, 11) is 0. The van der Waals surface area contributed by atoms with Crippen molar-refractivity contribution in [3.8, 4) is 0 Å². The minimum Gasteiger partial charge on any atom is -0.387 e. The van der Waals surface area contributed by atoms with E-state index in [1.54, 1.807) is 6.92 Å². The lowest BCUT2D eigenvalue weighted by Crippen LogP contribution is -2.05. The summed E-state index contributed by atoms with van der Waals surface area (Å²) in [6, 6.07) is 12.4. The lowest BCUT2D eigenvalue weighted by Gasteiger charge is -2.11. The molecular weight excluding hydrogens is 198 g/mol. The maximum atomic E-state index is 9.59. The fourth-order valence-electron chi connectivity index (χ4n) is 1.84. The van der Waals surface area contributed by atoms with E-state index < -0.39 is 6.10 Å². The average Bonchev–Trinajstić information content (AvgIpc) is 2.69. The van der Waals surface area contributed by atoms with E-state index in [2.05, 4.69) is 35.8 Å². The molecule has 1 aromatic heterocycles. The van der Waals surface area contributed by atoms with Crippen molar-refractivity contribution in [2.24, 2.45) is 0 Å². The zero-order valence-electron chi connectivity index (χ0n) is 9.72. The maximum Gasteiger partial charge on any atom is 0.0911 e. The minimum absolute atomic E-state index is 0.416. The van der Waals surface area contributed by atoms with Crippen molar-refractivity contribution in [3.63, 3.8) is 0 Å². The SMILES string of the molecule is Cc1ccc(Cn2cccc2C(C)O)cc1. The summed E-state index contributed by atoms with van der Waals surface area (Å²) >= 11 is 0. The molecule has 0 fully saturated rings.